The minimum Gasteiger partial charge on any atom is -0.494 e. The fourth-order valence-electron chi connectivity index (χ4n) is 4.73. The van der Waals surface area contributed by atoms with E-state index in [0.717, 1.165) is 17.2 Å². The summed E-state index contributed by atoms with van der Waals surface area (Å²) >= 11 is 0. The van der Waals surface area contributed by atoms with Crippen LogP contribution in [0.1, 0.15) is 46.0 Å². The molecule has 0 bridgehead atoms. The van der Waals surface area contributed by atoms with E-state index in [-0.39, 0.29) is 41.8 Å². The van der Waals surface area contributed by atoms with Crippen molar-refractivity contribution < 1.29 is 32.2 Å². The fraction of sp³-hybridized carbons (Fsp3) is 0.296. The molecule has 3 heterocycles. The number of amides is 1. The van der Waals surface area contributed by atoms with Crippen LogP contribution in [0.4, 0.5) is 13.2 Å². The molecule has 0 unspecified atom stereocenters. The quantitative estimate of drug-likeness (QED) is 0.394. The second-order valence-corrected chi connectivity index (χ2v) is 9.17. The lowest BCUT2D eigenvalue weighted by Crippen LogP contribution is -2.46. The molecule has 11 heteroatoms. The number of halogens is 3. The number of benzene rings is 2. The number of ether oxygens (including phenoxy) is 1. The largest absolute Gasteiger partial charge is 0.494 e. The van der Waals surface area contributed by atoms with Gasteiger partial charge in [-0.3, -0.25) is 4.79 Å². The number of rotatable bonds is 5. The first-order valence-electron chi connectivity index (χ1n) is 11.9. The fourth-order valence-corrected chi connectivity index (χ4v) is 4.73. The predicted molar refractivity (Wildman–Crippen MR) is 132 cm³/mol. The number of aromatic nitrogens is 2. The summed E-state index contributed by atoms with van der Waals surface area (Å²) in [6.07, 6.45) is -4.16. The van der Waals surface area contributed by atoms with Crippen molar-refractivity contribution in [3.05, 3.63) is 76.8 Å². The second kappa shape index (κ2) is 9.73. The van der Waals surface area contributed by atoms with Crippen molar-refractivity contribution in [2.24, 2.45) is 5.73 Å². The monoisotopic (exact) mass is 526 g/mol. The predicted octanol–water partition coefficient (Wildman–Crippen LogP) is 4.50. The number of nitrogens with two attached hydrogens (primary N) is 1. The Bertz CT molecular complexity index is 1520. The maximum atomic E-state index is 13.7. The molecule has 4 aromatic rings. The van der Waals surface area contributed by atoms with Crippen LogP contribution < -0.4 is 10.5 Å². The topological polar surface area (TPSA) is 115 Å². The van der Waals surface area contributed by atoms with Gasteiger partial charge in [-0.2, -0.15) is 13.2 Å². The number of alkyl halides is 3. The highest BCUT2D eigenvalue weighted by Gasteiger charge is 2.35. The first-order chi connectivity index (χ1) is 18.1. The average Bonchev–Trinajstić information content (AvgIpc) is 3.36. The first-order valence-corrected chi connectivity index (χ1v) is 11.9. The zero-order valence-electron chi connectivity index (χ0n) is 20.6. The lowest BCUT2D eigenvalue weighted by atomic mass is 9.94. The van der Waals surface area contributed by atoms with Crippen molar-refractivity contribution in [3.63, 3.8) is 0 Å². The van der Waals surface area contributed by atoms with Gasteiger partial charge in [0.25, 0.3) is 5.91 Å². The summed E-state index contributed by atoms with van der Waals surface area (Å²) in [6.45, 7) is 1.67. The van der Waals surface area contributed by atoms with E-state index in [0.29, 0.717) is 17.4 Å². The van der Waals surface area contributed by atoms with Crippen LogP contribution >= 0.6 is 0 Å². The van der Waals surface area contributed by atoms with Gasteiger partial charge >= 0.3 is 6.18 Å². The number of fused-ring (bicyclic) bond motifs is 2. The molecule has 0 fully saturated rings. The number of carbonyl (C=O) groups excluding carboxylic acids is 1. The highest BCUT2D eigenvalue weighted by Crippen LogP contribution is 2.38. The van der Waals surface area contributed by atoms with Gasteiger partial charge in [0.15, 0.2) is 11.5 Å². The normalized spacial score (nSPS) is 16.4. The van der Waals surface area contributed by atoms with E-state index in [1.165, 1.54) is 19.2 Å². The van der Waals surface area contributed by atoms with Crippen molar-refractivity contribution in [2.45, 2.75) is 38.1 Å². The SMILES string of the molecule is COc1ccc(-c2nc(C(=O)N3Cc4ccccc4C[C@@H]3CO)c([C@H](C)N)o2)c2ccc(C(F)(F)F)nc12. The molecular formula is C27H25F3N4O4. The van der Waals surface area contributed by atoms with E-state index < -0.39 is 29.9 Å². The van der Waals surface area contributed by atoms with Crippen LogP contribution in [0.3, 0.4) is 0 Å². The van der Waals surface area contributed by atoms with Gasteiger partial charge in [-0.1, -0.05) is 24.3 Å². The number of carbonyl (C=O) groups is 1. The summed E-state index contributed by atoms with van der Waals surface area (Å²) in [5, 5.41) is 10.3. The van der Waals surface area contributed by atoms with Gasteiger partial charge in [-0.15, -0.1) is 0 Å². The van der Waals surface area contributed by atoms with Crippen molar-refractivity contribution in [3.8, 4) is 17.2 Å². The van der Waals surface area contributed by atoms with Crippen molar-refractivity contribution in [1.29, 1.82) is 0 Å². The summed E-state index contributed by atoms with van der Waals surface area (Å²) in [7, 11) is 1.33. The molecule has 1 aliphatic heterocycles. The Hall–Kier alpha value is -3.96. The van der Waals surface area contributed by atoms with Gasteiger partial charge in [-0.25, -0.2) is 9.97 Å². The summed E-state index contributed by atoms with van der Waals surface area (Å²) in [5.74, 6) is -0.184. The molecule has 2 atom stereocenters. The molecule has 0 saturated heterocycles. The lowest BCUT2D eigenvalue weighted by Gasteiger charge is -2.35. The smallest absolute Gasteiger partial charge is 0.433 e. The van der Waals surface area contributed by atoms with E-state index in [4.69, 9.17) is 14.9 Å². The van der Waals surface area contributed by atoms with Gasteiger partial charge in [0.1, 0.15) is 17.0 Å². The molecule has 2 aromatic carbocycles. The number of oxazole rings is 1. The minimum atomic E-state index is -4.64. The molecule has 3 N–H and O–H groups in total. The summed E-state index contributed by atoms with van der Waals surface area (Å²) < 4.78 is 51.2. The van der Waals surface area contributed by atoms with Crippen LogP contribution in [0, 0.1) is 0 Å². The molecule has 1 aliphatic rings. The number of methoxy groups -OCH3 is 1. The third kappa shape index (κ3) is 4.48. The van der Waals surface area contributed by atoms with Crippen LogP contribution in [0.2, 0.25) is 0 Å². The maximum Gasteiger partial charge on any atom is 0.433 e. The highest BCUT2D eigenvalue weighted by atomic mass is 19.4. The molecule has 0 spiro atoms. The molecule has 5 rings (SSSR count). The van der Waals surface area contributed by atoms with E-state index in [2.05, 4.69) is 9.97 Å². The summed E-state index contributed by atoms with van der Waals surface area (Å²) in [4.78, 5) is 23.5. The number of nitrogens with zero attached hydrogens (tertiary/aromatic N) is 3. The molecule has 0 saturated carbocycles. The number of pyridine rings is 1. The van der Waals surface area contributed by atoms with Crippen molar-refractivity contribution in [2.75, 3.05) is 13.7 Å². The van der Waals surface area contributed by atoms with Gasteiger partial charge in [0, 0.05) is 17.5 Å². The Morgan fingerprint density at radius 3 is 2.58 bits per heavy atom. The van der Waals surface area contributed by atoms with Gasteiger partial charge in [0.05, 0.1) is 25.8 Å². The molecule has 38 heavy (non-hydrogen) atoms. The molecule has 2 aromatic heterocycles. The number of hydrogen-bond acceptors (Lipinski definition) is 7. The van der Waals surface area contributed by atoms with Crippen LogP contribution in [-0.4, -0.2) is 45.6 Å². The van der Waals surface area contributed by atoms with Crippen LogP contribution in [0.5, 0.6) is 5.75 Å². The average molecular weight is 527 g/mol. The molecular weight excluding hydrogens is 501 g/mol. The number of aliphatic hydroxyl groups excluding tert-OH is 1. The molecule has 198 valence electrons. The summed E-state index contributed by atoms with van der Waals surface area (Å²) in [5.41, 5.74) is 7.36. The Balaban J connectivity index is 1.60. The molecule has 8 nitrogen and oxygen atoms in total. The Morgan fingerprint density at radius 1 is 1.18 bits per heavy atom. The van der Waals surface area contributed by atoms with Crippen LogP contribution in [0.15, 0.2) is 52.9 Å². The summed E-state index contributed by atoms with van der Waals surface area (Å²) in [6, 6.07) is 11.7. The van der Waals surface area contributed by atoms with Gasteiger partial charge < -0.3 is 24.9 Å². The van der Waals surface area contributed by atoms with Gasteiger partial charge in [0.2, 0.25) is 5.89 Å². The van der Waals surface area contributed by atoms with E-state index in [1.807, 2.05) is 24.3 Å². The zero-order valence-corrected chi connectivity index (χ0v) is 20.6. The number of aliphatic hydroxyl groups is 1. The third-order valence-corrected chi connectivity index (χ3v) is 6.66. The standard InChI is InChI=1S/C27H25F3N4O4/c1-14(31)24-23(26(36)34-12-16-6-4-3-5-15(16)11-17(34)13-35)33-25(38-24)19-7-9-20(37-2)22-18(19)8-10-21(32-22)27(28,29)30/h3-10,14,17,35H,11-13,31H2,1-2H3/t14-,17+/m0/s1. The first kappa shape index (κ1) is 25.7. The molecule has 1 amide bonds. The van der Waals surface area contributed by atoms with Crippen LogP contribution in [0.25, 0.3) is 22.4 Å². The Labute approximate surface area is 215 Å². The Kier molecular flexibility index (Phi) is 6.58. The van der Waals surface area contributed by atoms with E-state index >= 15 is 0 Å². The van der Waals surface area contributed by atoms with Gasteiger partial charge in [-0.05, 0) is 48.7 Å². The highest BCUT2D eigenvalue weighted by molar-refractivity contribution is 5.98. The van der Waals surface area contributed by atoms with Crippen molar-refractivity contribution >= 4 is 16.8 Å². The van der Waals surface area contributed by atoms with Crippen LogP contribution in [-0.2, 0) is 19.1 Å². The maximum absolute atomic E-state index is 13.7. The molecule has 0 aliphatic carbocycles. The molecule has 0 radical (unpaired) electrons. The third-order valence-electron chi connectivity index (χ3n) is 6.66. The zero-order chi connectivity index (χ0) is 27.2. The lowest BCUT2D eigenvalue weighted by molar-refractivity contribution is -0.140. The second-order valence-electron chi connectivity index (χ2n) is 9.17. The van der Waals surface area contributed by atoms with E-state index in [9.17, 15) is 23.1 Å². The Morgan fingerprint density at radius 2 is 1.92 bits per heavy atom. The van der Waals surface area contributed by atoms with E-state index in [1.54, 1.807) is 17.9 Å². The minimum absolute atomic E-state index is 0.00724. The number of hydrogen-bond donors (Lipinski definition) is 2. The van der Waals surface area contributed by atoms with Crippen molar-refractivity contribution in [1.82, 2.24) is 14.9 Å².